The Balaban J connectivity index is 1.62. The molecule has 0 saturated heterocycles. The summed E-state index contributed by atoms with van der Waals surface area (Å²) >= 11 is 3.43. The summed E-state index contributed by atoms with van der Waals surface area (Å²) in [5.74, 6) is -0.0244. The van der Waals surface area contributed by atoms with E-state index in [2.05, 4.69) is 21.2 Å². The van der Waals surface area contributed by atoms with Crippen molar-refractivity contribution in [2.75, 3.05) is 11.9 Å². The molecule has 0 radical (unpaired) electrons. The summed E-state index contributed by atoms with van der Waals surface area (Å²) < 4.78 is 19.3. The summed E-state index contributed by atoms with van der Waals surface area (Å²) in [5, 5.41) is 4.76. The van der Waals surface area contributed by atoms with Crippen LogP contribution < -0.4 is 10.1 Å². The van der Waals surface area contributed by atoms with Crippen LogP contribution in [0.4, 0.5) is 10.1 Å². The Bertz CT molecular complexity index is 849. The molecular formula is C18H13BrFNO2. The first-order chi connectivity index (χ1) is 11.1. The number of anilines is 1. The zero-order valence-corrected chi connectivity index (χ0v) is 13.6. The normalized spacial score (nSPS) is 10.5. The lowest BCUT2D eigenvalue weighted by atomic mass is 10.1. The molecule has 0 fully saturated rings. The minimum absolute atomic E-state index is 0.112. The van der Waals surface area contributed by atoms with E-state index < -0.39 is 0 Å². The van der Waals surface area contributed by atoms with E-state index in [-0.39, 0.29) is 18.3 Å². The summed E-state index contributed by atoms with van der Waals surface area (Å²) in [6, 6.07) is 17.2. The number of rotatable bonds is 4. The van der Waals surface area contributed by atoms with Crippen LogP contribution >= 0.6 is 15.9 Å². The van der Waals surface area contributed by atoms with Crippen LogP contribution in [0, 0.1) is 5.82 Å². The molecule has 0 aliphatic heterocycles. The SMILES string of the molecule is O=C(COc1ccc2cc(Br)ccc2c1)Nc1ccc(F)cc1. The molecule has 0 bridgehead atoms. The van der Waals surface area contributed by atoms with Gasteiger partial charge in [-0.3, -0.25) is 4.79 Å². The number of fused-ring (bicyclic) bond motifs is 1. The standard InChI is InChI=1S/C18H13BrFNO2/c19-14-3-1-13-10-17(8-2-12(13)9-14)23-11-18(22)21-16-6-4-15(20)5-7-16/h1-10H,11H2,(H,21,22). The van der Waals surface area contributed by atoms with Crippen molar-refractivity contribution in [3.05, 3.63) is 71.0 Å². The monoisotopic (exact) mass is 373 g/mol. The van der Waals surface area contributed by atoms with Crippen LogP contribution in [-0.4, -0.2) is 12.5 Å². The predicted octanol–water partition coefficient (Wildman–Crippen LogP) is 4.76. The first-order valence-electron chi connectivity index (χ1n) is 6.98. The minimum atomic E-state index is -0.345. The third kappa shape index (κ3) is 4.07. The second kappa shape index (κ2) is 6.79. The van der Waals surface area contributed by atoms with Crippen molar-refractivity contribution in [2.24, 2.45) is 0 Å². The van der Waals surface area contributed by atoms with Crippen molar-refractivity contribution < 1.29 is 13.9 Å². The lowest BCUT2D eigenvalue weighted by molar-refractivity contribution is -0.118. The van der Waals surface area contributed by atoms with Gasteiger partial charge in [0.1, 0.15) is 11.6 Å². The summed E-state index contributed by atoms with van der Waals surface area (Å²) in [6.07, 6.45) is 0. The second-order valence-corrected chi connectivity index (χ2v) is 5.91. The Morgan fingerprint density at radius 3 is 2.48 bits per heavy atom. The second-order valence-electron chi connectivity index (χ2n) is 5.00. The number of amides is 1. The average Bonchev–Trinajstić information content (AvgIpc) is 2.55. The first kappa shape index (κ1) is 15.5. The molecule has 0 aromatic heterocycles. The van der Waals surface area contributed by atoms with Crippen molar-refractivity contribution in [3.8, 4) is 5.75 Å². The Hall–Kier alpha value is -2.40. The van der Waals surface area contributed by atoms with Crippen molar-refractivity contribution in [1.29, 1.82) is 0 Å². The van der Waals surface area contributed by atoms with Crippen LogP contribution in [0.15, 0.2) is 65.1 Å². The molecule has 0 atom stereocenters. The highest BCUT2D eigenvalue weighted by Gasteiger charge is 2.05. The number of hydrogen-bond acceptors (Lipinski definition) is 2. The largest absolute Gasteiger partial charge is 0.484 e. The fourth-order valence-corrected chi connectivity index (χ4v) is 2.54. The highest BCUT2D eigenvalue weighted by molar-refractivity contribution is 9.10. The Kier molecular flexibility index (Phi) is 4.57. The maximum atomic E-state index is 12.8. The molecule has 5 heteroatoms. The van der Waals surface area contributed by atoms with E-state index in [1.807, 2.05) is 36.4 Å². The van der Waals surface area contributed by atoms with Gasteiger partial charge < -0.3 is 10.1 Å². The number of halogens is 2. The van der Waals surface area contributed by atoms with Gasteiger partial charge in [-0.15, -0.1) is 0 Å². The predicted molar refractivity (Wildman–Crippen MR) is 92.2 cm³/mol. The number of carbonyl (C=O) groups excluding carboxylic acids is 1. The van der Waals surface area contributed by atoms with Gasteiger partial charge >= 0.3 is 0 Å². The molecule has 0 unspecified atom stereocenters. The third-order valence-corrected chi connectivity index (χ3v) is 3.76. The molecule has 23 heavy (non-hydrogen) atoms. The van der Waals surface area contributed by atoms with E-state index in [0.717, 1.165) is 15.2 Å². The van der Waals surface area contributed by atoms with E-state index in [1.165, 1.54) is 24.3 Å². The van der Waals surface area contributed by atoms with Crippen LogP contribution in [0.25, 0.3) is 10.8 Å². The van der Waals surface area contributed by atoms with Crippen LogP contribution in [0.2, 0.25) is 0 Å². The van der Waals surface area contributed by atoms with E-state index >= 15 is 0 Å². The van der Waals surface area contributed by atoms with Gasteiger partial charge in [-0.05, 0) is 59.3 Å². The quantitative estimate of drug-likeness (QED) is 0.715. The molecule has 1 amide bonds. The number of ether oxygens (including phenoxy) is 1. The molecule has 1 N–H and O–H groups in total. The van der Waals surface area contributed by atoms with Crippen molar-refractivity contribution in [3.63, 3.8) is 0 Å². The molecule has 3 rings (SSSR count). The van der Waals surface area contributed by atoms with Gasteiger partial charge in [0, 0.05) is 10.2 Å². The molecule has 0 aliphatic carbocycles. The van der Waals surface area contributed by atoms with E-state index in [9.17, 15) is 9.18 Å². The minimum Gasteiger partial charge on any atom is -0.484 e. The highest BCUT2D eigenvalue weighted by atomic mass is 79.9. The van der Waals surface area contributed by atoms with Crippen molar-refractivity contribution in [2.45, 2.75) is 0 Å². The number of carbonyl (C=O) groups is 1. The van der Waals surface area contributed by atoms with Crippen LogP contribution in [0.5, 0.6) is 5.75 Å². The van der Waals surface area contributed by atoms with Crippen LogP contribution in [0.1, 0.15) is 0 Å². The zero-order valence-electron chi connectivity index (χ0n) is 12.1. The Labute approximate surface area is 141 Å². The van der Waals surface area contributed by atoms with Gasteiger partial charge in [-0.2, -0.15) is 0 Å². The summed E-state index contributed by atoms with van der Waals surface area (Å²) in [6.45, 7) is -0.112. The number of benzene rings is 3. The fourth-order valence-electron chi connectivity index (χ4n) is 2.16. The number of hydrogen-bond donors (Lipinski definition) is 1. The van der Waals surface area contributed by atoms with Crippen LogP contribution in [0.3, 0.4) is 0 Å². The fraction of sp³-hybridized carbons (Fsp3) is 0.0556. The highest BCUT2D eigenvalue weighted by Crippen LogP contribution is 2.24. The van der Waals surface area contributed by atoms with Crippen molar-refractivity contribution >= 4 is 38.3 Å². The van der Waals surface area contributed by atoms with Gasteiger partial charge in [0.25, 0.3) is 5.91 Å². The van der Waals surface area contributed by atoms with E-state index in [4.69, 9.17) is 4.74 Å². The third-order valence-electron chi connectivity index (χ3n) is 3.27. The summed E-state index contributed by atoms with van der Waals surface area (Å²) in [7, 11) is 0. The molecular weight excluding hydrogens is 361 g/mol. The molecule has 116 valence electrons. The van der Waals surface area contributed by atoms with E-state index in [1.54, 1.807) is 0 Å². The van der Waals surface area contributed by atoms with E-state index in [0.29, 0.717) is 11.4 Å². The molecule has 0 saturated carbocycles. The maximum absolute atomic E-state index is 12.8. The van der Waals surface area contributed by atoms with Gasteiger partial charge in [0.15, 0.2) is 6.61 Å². The van der Waals surface area contributed by atoms with Crippen LogP contribution in [-0.2, 0) is 4.79 Å². The molecule has 0 heterocycles. The average molecular weight is 374 g/mol. The van der Waals surface area contributed by atoms with Gasteiger partial charge in [-0.25, -0.2) is 4.39 Å². The Morgan fingerprint density at radius 1 is 1.00 bits per heavy atom. The lowest BCUT2D eigenvalue weighted by Crippen LogP contribution is -2.20. The number of nitrogens with one attached hydrogen (secondary N) is 1. The molecule has 3 aromatic rings. The smallest absolute Gasteiger partial charge is 0.262 e. The molecule has 3 aromatic carbocycles. The summed E-state index contributed by atoms with van der Waals surface area (Å²) in [4.78, 5) is 11.8. The van der Waals surface area contributed by atoms with Gasteiger partial charge in [0.2, 0.25) is 0 Å². The van der Waals surface area contributed by atoms with Gasteiger partial charge in [-0.1, -0.05) is 28.1 Å². The lowest BCUT2D eigenvalue weighted by Gasteiger charge is -2.08. The molecule has 3 nitrogen and oxygen atoms in total. The zero-order chi connectivity index (χ0) is 16.2. The first-order valence-corrected chi connectivity index (χ1v) is 7.77. The molecule has 0 aliphatic rings. The molecule has 0 spiro atoms. The van der Waals surface area contributed by atoms with Gasteiger partial charge in [0.05, 0.1) is 0 Å². The maximum Gasteiger partial charge on any atom is 0.262 e. The Morgan fingerprint density at radius 2 is 1.70 bits per heavy atom. The summed E-state index contributed by atoms with van der Waals surface area (Å²) in [5.41, 5.74) is 0.531. The topological polar surface area (TPSA) is 38.3 Å². The van der Waals surface area contributed by atoms with Crippen molar-refractivity contribution in [1.82, 2.24) is 0 Å².